The van der Waals surface area contributed by atoms with E-state index in [1.54, 1.807) is 11.8 Å². The topological polar surface area (TPSA) is 0 Å². The molecule has 0 N–H and O–H groups in total. The third-order valence-electron chi connectivity index (χ3n) is 0.537. The molecule has 0 aliphatic carbocycles. The van der Waals surface area contributed by atoms with Crippen molar-refractivity contribution in [2.45, 2.75) is 6.92 Å². The zero-order valence-corrected chi connectivity index (χ0v) is 7.50. The average molecular weight is 167 g/mol. The molecule has 0 aromatic heterocycles. The largest absolute Gasteiger partial charge is 0.151 e. The minimum atomic E-state index is 1.13. The van der Waals surface area contributed by atoms with Crippen LogP contribution < -0.4 is 0 Å². The van der Waals surface area contributed by atoms with Crippen LogP contribution in [0.2, 0.25) is 0 Å². The van der Waals surface area contributed by atoms with E-state index in [0.29, 0.717) is 0 Å². The molecule has 49 valence electrons. The summed E-state index contributed by atoms with van der Waals surface area (Å²) in [6.45, 7) is 2.18. The van der Waals surface area contributed by atoms with Gasteiger partial charge in [0.15, 0.2) is 0 Å². The van der Waals surface area contributed by atoms with Gasteiger partial charge < -0.3 is 0 Å². The summed E-state index contributed by atoms with van der Waals surface area (Å²) in [5.74, 6) is 1.23. The SMILES string of the molecule is [CH2]SCSCSCC. The van der Waals surface area contributed by atoms with Gasteiger partial charge in [0.1, 0.15) is 0 Å². The third kappa shape index (κ3) is 7.05. The van der Waals surface area contributed by atoms with E-state index in [0.717, 1.165) is 5.08 Å². The number of hydrogen-bond donors (Lipinski definition) is 0. The van der Waals surface area contributed by atoms with E-state index in [4.69, 9.17) is 0 Å². The van der Waals surface area contributed by atoms with E-state index in [9.17, 15) is 0 Å². The Morgan fingerprint density at radius 1 is 1.25 bits per heavy atom. The Kier molecular flexibility index (Phi) is 9.11. The molecular weight excluding hydrogens is 156 g/mol. The standard InChI is InChI=1S/C5H11S3/c1-3-7-5-8-4-6-2/h2-5H2,1H3. The Morgan fingerprint density at radius 2 is 2.00 bits per heavy atom. The predicted molar refractivity (Wildman–Crippen MR) is 48.4 cm³/mol. The summed E-state index contributed by atoms with van der Waals surface area (Å²) in [4.78, 5) is 0. The molecule has 8 heavy (non-hydrogen) atoms. The Balaban J connectivity index is 2.53. The fourth-order valence-electron chi connectivity index (χ4n) is 0.235. The molecule has 0 bridgehead atoms. The van der Waals surface area contributed by atoms with Crippen LogP contribution in [-0.4, -0.2) is 15.9 Å². The second-order valence-corrected chi connectivity index (χ2v) is 4.82. The molecule has 3 heteroatoms. The summed E-state index contributed by atoms with van der Waals surface area (Å²) in [5.41, 5.74) is 0. The van der Waals surface area contributed by atoms with Crippen LogP contribution in [-0.2, 0) is 0 Å². The molecule has 0 heterocycles. The van der Waals surface area contributed by atoms with E-state index in [1.807, 2.05) is 23.5 Å². The van der Waals surface area contributed by atoms with Crippen LogP contribution in [0.3, 0.4) is 0 Å². The van der Waals surface area contributed by atoms with Gasteiger partial charge in [-0.05, 0) is 5.75 Å². The Bertz CT molecular complexity index is 32.7. The Morgan fingerprint density at radius 3 is 2.50 bits per heavy atom. The number of thioether (sulfide) groups is 3. The molecule has 0 spiro atoms. The molecule has 0 atom stereocenters. The highest BCUT2D eigenvalue weighted by molar-refractivity contribution is 8.22. The molecule has 0 saturated carbocycles. The van der Waals surface area contributed by atoms with Gasteiger partial charge in [0, 0.05) is 16.4 Å². The Hall–Kier alpha value is 1.05. The van der Waals surface area contributed by atoms with Gasteiger partial charge in [0.05, 0.1) is 0 Å². The van der Waals surface area contributed by atoms with Crippen molar-refractivity contribution in [3.05, 3.63) is 6.26 Å². The minimum Gasteiger partial charge on any atom is -0.151 e. The van der Waals surface area contributed by atoms with E-state index < -0.39 is 0 Å². The van der Waals surface area contributed by atoms with E-state index in [2.05, 4.69) is 13.2 Å². The van der Waals surface area contributed by atoms with Gasteiger partial charge in [-0.1, -0.05) is 6.92 Å². The number of rotatable bonds is 5. The highest BCUT2D eigenvalue weighted by Gasteiger charge is 1.83. The number of hydrogen-bond acceptors (Lipinski definition) is 3. The van der Waals surface area contributed by atoms with Crippen molar-refractivity contribution in [2.75, 3.05) is 15.9 Å². The molecule has 0 fully saturated rings. The fourth-order valence-corrected chi connectivity index (χ4v) is 2.73. The van der Waals surface area contributed by atoms with Crippen molar-refractivity contribution in [1.29, 1.82) is 0 Å². The summed E-state index contributed by atoms with van der Waals surface area (Å²) < 4.78 is 0. The van der Waals surface area contributed by atoms with Crippen molar-refractivity contribution in [1.82, 2.24) is 0 Å². The lowest BCUT2D eigenvalue weighted by Crippen LogP contribution is -1.71. The van der Waals surface area contributed by atoms with Gasteiger partial charge in [-0.3, -0.25) is 0 Å². The predicted octanol–water partition coefficient (Wildman–Crippen LogP) is 2.91. The van der Waals surface area contributed by atoms with Crippen molar-refractivity contribution in [2.24, 2.45) is 0 Å². The van der Waals surface area contributed by atoms with Gasteiger partial charge in [-0.25, -0.2) is 0 Å². The monoisotopic (exact) mass is 167 g/mol. The molecule has 0 aliphatic rings. The zero-order chi connectivity index (χ0) is 6.24. The lowest BCUT2D eigenvalue weighted by atomic mass is 11.0. The van der Waals surface area contributed by atoms with Crippen molar-refractivity contribution in [3.8, 4) is 0 Å². The molecule has 1 radical (unpaired) electrons. The van der Waals surface area contributed by atoms with Crippen LogP contribution in [0.1, 0.15) is 6.92 Å². The minimum absolute atomic E-state index is 1.13. The first-order valence-electron chi connectivity index (χ1n) is 2.44. The van der Waals surface area contributed by atoms with Crippen molar-refractivity contribution in [3.63, 3.8) is 0 Å². The second kappa shape index (κ2) is 8.05. The van der Waals surface area contributed by atoms with Crippen LogP contribution in [0.15, 0.2) is 0 Å². The van der Waals surface area contributed by atoms with Crippen LogP contribution in [0.5, 0.6) is 0 Å². The quantitative estimate of drug-likeness (QED) is 0.456. The maximum atomic E-state index is 3.67. The molecule has 0 nitrogen and oxygen atoms in total. The van der Waals surface area contributed by atoms with E-state index >= 15 is 0 Å². The summed E-state index contributed by atoms with van der Waals surface area (Å²) in [6.07, 6.45) is 3.67. The maximum absolute atomic E-state index is 3.67. The lowest BCUT2D eigenvalue weighted by molar-refractivity contribution is 1.53. The van der Waals surface area contributed by atoms with Crippen molar-refractivity contribution >= 4 is 35.3 Å². The van der Waals surface area contributed by atoms with Crippen LogP contribution in [0.25, 0.3) is 0 Å². The van der Waals surface area contributed by atoms with Gasteiger partial charge in [0.2, 0.25) is 0 Å². The first-order chi connectivity index (χ1) is 3.91. The molecule has 0 aromatic carbocycles. The molecule has 0 unspecified atom stereocenters. The first kappa shape index (κ1) is 9.05. The van der Waals surface area contributed by atoms with Gasteiger partial charge >= 0.3 is 0 Å². The summed E-state index contributed by atoms with van der Waals surface area (Å²) in [7, 11) is 0. The molecule has 0 aromatic rings. The maximum Gasteiger partial charge on any atom is 0.0400 e. The zero-order valence-electron chi connectivity index (χ0n) is 5.05. The second-order valence-electron chi connectivity index (χ2n) is 1.14. The van der Waals surface area contributed by atoms with Crippen LogP contribution >= 0.6 is 35.3 Å². The van der Waals surface area contributed by atoms with Gasteiger partial charge in [0.25, 0.3) is 0 Å². The molecule has 0 rings (SSSR count). The smallest absolute Gasteiger partial charge is 0.0400 e. The molecule has 0 aliphatic heterocycles. The fraction of sp³-hybridized carbons (Fsp3) is 0.800. The van der Waals surface area contributed by atoms with Gasteiger partial charge in [-0.2, -0.15) is 23.5 Å². The summed E-state index contributed by atoms with van der Waals surface area (Å²) in [5, 5.41) is 2.35. The summed E-state index contributed by atoms with van der Waals surface area (Å²) in [6, 6.07) is 0. The van der Waals surface area contributed by atoms with E-state index in [1.165, 1.54) is 10.8 Å². The van der Waals surface area contributed by atoms with E-state index in [-0.39, 0.29) is 0 Å². The lowest BCUT2D eigenvalue weighted by Gasteiger charge is -1.94. The normalized spacial score (nSPS) is 9.75. The highest BCUT2D eigenvalue weighted by Crippen LogP contribution is 2.15. The highest BCUT2D eigenvalue weighted by atomic mass is 32.2. The molecule has 0 saturated heterocycles. The van der Waals surface area contributed by atoms with Gasteiger partial charge in [-0.15, -0.1) is 11.8 Å². The first-order valence-corrected chi connectivity index (χ1v) is 5.90. The third-order valence-corrected chi connectivity index (χ3v) is 3.61. The summed E-state index contributed by atoms with van der Waals surface area (Å²) >= 11 is 5.56. The van der Waals surface area contributed by atoms with Crippen molar-refractivity contribution < 1.29 is 0 Å². The molecular formula is C5H11S3. The molecule has 0 amide bonds. The van der Waals surface area contributed by atoms with Crippen LogP contribution in [0.4, 0.5) is 0 Å². The Labute approximate surface area is 64.6 Å². The average Bonchev–Trinajstić information content (AvgIpc) is 1.81. The van der Waals surface area contributed by atoms with Crippen LogP contribution in [0, 0.1) is 6.26 Å².